The monoisotopic (exact) mass is 303 g/mol. The van der Waals surface area contributed by atoms with Gasteiger partial charge in [0.2, 0.25) is 0 Å². The molecule has 0 spiro atoms. The zero-order valence-electron chi connectivity index (χ0n) is 12.4. The summed E-state index contributed by atoms with van der Waals surface area (Å²) in [6.45, 7) is 4.32. The predicted octanol–water partition coefficient (Wildman–Crippen LogP) is 3.01. The molecule has 0 atom stereocenters. The van der Waals surface area contributed by atoms with Gasteiger partial charge in [-0.1, -0.05) is 18.2 Å². The van der Waals surface area contributed by atoms with Gasteiger partial charge in [-0.25, -0.2) is 4.99 Å². The van der Waals surface area contributed by atoms with E-state index in [0.717, 1.165) is 30.4 Å². The van der Waals surface area contributed by atoms with E-state index in [-0.39, 0.29) is 0 Å². The molecule has 1 aromatic heterocycles. The summed E-state index contributed by atoms with van der Waals surface area (Å²) in [5.74, 6) is 1.69. The number of methoxy groups -OCH3 is 1. The lowest BCUT2D eigenvalue weighted by Gasteiger charge is -2.10. The van der Waals surface area contributed by atoms with Crippen molar-refractivity contribution < 1.29 is 4.74 Å². The van der Waals surface area contributed by atoms with Crippen LogP contribution in [0, 0.1) is 0 Å². The molecular formula is C16H21N3OS. The number of thiophene rings is 1. The summed E-state index contributed by atoms with van der Waals surface area (Å²) in [7, 11) is 1.68. The molecule has 5 heteroatoms. The summed E-state index contributed by atoms with van der Waals surface area (Å²) in [5.41, 5.74) is 1.13. The Bertz CT molecular complexity index is 567. The lowest BCUT2D eigenvalue weighted by Crippen LogP contribution is -2.36. The number of aliphatic imine (C=N–C) groups is 1. The molecule has 4 nitrogen and oxygen atoms in total. The molecule has 0 amide bonds. The van der Waals surface area contributed by atoms with Crippen molar-refractivity contribution in [3.63, 3.8) is 0 Å². The van der Waals surface area contributed by atoms with Crippen LogP contribution >= 0.6 is 11.3 Å². The van der Waals surface area contributed by atoms with Crippen molar-refractivity contribution in [2.24, 2.45) is 4.99 Å². The maximum Gasteiger partial charge on any atom is 0.191 e. The average molecular weight is 303 g/mol. The van der Waals surface area contributed by atoms with Crippen LogP contribution in [0.5, 0.6) is 5.75 Å². The van der Waals surface area contributed by atoms with Crippen LogP contribution < -0.4 is 15.4 Å². The minimum Gasteiger partial charge on any atom is -0.497 e. The van der Waals surface area contributed by atoms with Gasteiger partial charge in [-0.15, -0.1) is 11.3 Å². The van der Waals surface area contributed by atoms with E-state index in [1.165, 1.54) is 4.88 Å². The van der Waals surface area contributed by atoms with Crippen LogP contribution in [0.1, 0.15) is 17.4 Å². The van der Waals surface area contributed by atoms with E-state index in [0.29, 0.717) is 6.54 Å². The number of hydrogen-bond donors (Lipinski definition) is 2. The molecular weight excluding hydrogens is 282 g/mol. The van der Waals surface area contributed by atoms with Gasteiger partial charge in [0.15, 0.2) is 5.96 Å². The molecule has 1 heterocycles. The fourth-order valence-corrected chi connectivity index (χ4v) is 2.51. The summed E-state index contributed by atoms with van der Waals surface area (Å²) >= 11 is 1.74. The first-order valence-electron chi connectivity index (χ1n) is 6.99. The van der Waals surface area contributed by atoms with Gasteiger partial charge in [0.25, 0.3) is 0 Å². The molecule has 0 radical (unpaired) electrons. The maximum absolute atomic E-state index is 5.23. The van der Waals surface area contributed by atoms with E-state index in [4.69, 9.17) is 4.74 Å². The van der Waals surface area contributed by atoms with E-state index in [1.54, 1.807) is 18.4 Å². The Morgan fingerprint density at radius 3 is 2.86 bits per heavy atom. The van der Waals surface area contributed by atoms with Crippen molar-refractivity contribution in [3.8, 4) is 5.75 Å². The summed E-state index contributed by atoms with van der Waals surface area (Å²) in [6.07, 6.45) is 0. The van der Waals surface area contributed by atoms with Gasteiger partial charge in [-0.05, 0) is 36.1 Å². The Labute approximate surface area is 129 Å². The van der Waals surface area contributed by atoms with Gasteiger partial charge < -0.3 is 15.4 Å². The van der Waals surface area contributed by atoms with Gasteiger partial charge in [0.1, 0.15) is 5.75 Å². The van der Waals surface area contributed by atoms with E-state index in [9.17, 15) is 0 Å². The lowest BCUT2D eigenvalue weighted by molar-refractivity contribution is 0.414. The third-order valence-corrected chi connectivity index (χ3v) is 3.78. The third kappa shape index (κ3) is 5.11. The quantitative estimate of drug-likeness (QED) is 0.637. The van der Waals surface area contributed by atoms with Gasteiger partial charge in [0, 0.05) is 11.4 Å². The molecule has 0 aliphatic heterocycles. The van der Waals surface area contributed by atoms with Gasteiger partial charge in [0.05, 0.1) is 20.2 Å². The molecule has 0 bridgehead atoms. The second-order valence-electron chi connectivity index (χ2n) is 4.48. The molecule has 0 aliphatic rings. The SMILES string of the molecule is CCNC(=NCc1cccc(OC)c1)NCc1cccs1. The lowest BCUT2D eigenvalue weighted by atomic mass is 10.2. The zero-order valence-corrected chi connectivity index (χ0v) is 13.2. The molecule has 2 N–H and O–H groups in total. The minimum atomic E-state index is 0.622. The van der Waals surface area contributed by atoms with Crippen molar-refractivity contribution in [1.29, 1.82) is 0 Å². The Kier molecular flexibility index (Phi) is 6.09. The molecule has 112 valence electrons. The van der Waals surface area contributed by atoms with Crippen LogP contribution in [0.15, 0.2) is 46.8 Å². The van der Waals surface area contributed by atoms with E-state index in [1.807, 2.05) is 18.2 Å². The summed E-state index contributed by atoms with van der Waals surface area (Å²) in [4.78, 5) is 5.90. The van der Waals surface area contributed by atoms with Crippen LogP contribution in [0.25, 0.3) is 0 Å². The highest BCUT2D eigenvalue weighted by Crippen LogP contribution is 2.13. The number of hydrogen-bond acceptors (Lipinski definition) is 3. The fourth-order valence-electron chi connectivity index (χ4n) is 1.87. The Balaban J connectivity index is 1.95. The minimum absolute atomic E-state index is 0.622. The predicted molar refractivity (Wildman–Crippen MR) is 89.0 cm³/mol. The summed E-state index contributed by atoms with van der Waals surface area (Å²) in [6, 6.07) is 12.1. The third-order valence-electron chi connectivity index (χ3n) is 2.91. The van der Waals surface area contributed by atoms with Crippen molar-refractivity contribution >= 4 is 17.3 Å². The van der Waals surface area contributed by atoms with Crippen molar-refractivity contribution in [2.45, 2.75) is 20.0 Å². The van der Waals surface area contributed by atoms with Crippen LogP contribution in [0.3, 0.4) is 0 Å². The topological polar surface area (TPSA) is 45.7 Å². The van der Waals surface area contributed by atoms with E-state index in [2.05, 4.69) is 46.1 Å². The van der Waals surface area contributed by atoms with Crippen LogP contribution in [0.4, 0.5) is 0 Å². The summed E-state index contributed by atoms with van der Waals surface area (Å²) in [5, 5.41) is 8.68. The van der Waals surface area contributed by atoms with Crippen LogP contribution in [-0.2, 0) is 13.1 Å². The number of rotatable bonds is 6. The molecule has 0 aliphatic carbocycles. The molecule has 0 saturated heterocycles. The van der Waals surface area contributed by atoms with Crippen LogP contribution in [-0.4, -0.2) is 19.6 Å². The standard InChI is InChI=1S/C16H21N3OS/c1-3-17-16(19-12-15-8-5-9-21-15)18-11-13-6-4-7-14(10-13)20-2/h4-10H,3,11-12H2,1-2H3,(H2,17,18,19). The van der Waals surface area contributed by atoms with Gasteiger partial charge >= 0.3 is 0 Å². The Morgan fingerprint density at radius 2 is 2.14 bits per heavy atom. The molecule has 21 heavy (non-hydrogen) atoms. The normalized spacial score (nSPS) is 11.2. The van der Waals surface area contributed by atoms with Gasteiger partial charge in [-0.2, -0.15) is 0 Å². The highest BCUT2D eigenvalue weighted by molar-refractivity contribution is 7.09. The molecule has 0 saturated carbocycles. The maximum atomic E-state index is 5.23. The van der Waals surface area contributed by atoms with Gasteiger partial charge in [-0.3, -0.25) is 0 Å². The van der Waals surface area contributed by atoms with E-state index >= 15 is 0 Å². The largest absolute Gasteiger partial charge is 0.497 e. The highest BCUT2D eigenvalue weighted by Gasteiger charge is 2.00. The molecule has 2 rings (SSSR count). The fraction of sp³-hybridized carbons (Fsp3) is 0.312. The average Bonchev–Trinajstić information content (AvgIpc) is 3.03. The first-order valence-corrected chi connectivity index (χ1v) is 7.87. The number of nitrogens with one attached hydrogen (secondary N) is 2. The van der Waals surface area contributed by atoms with Crippen molar-refractivity contribution in [1.82, 2.24) is 10.6 Å². The number of guanidine groups is 1. The number of nitrogens with zero attached hydrogens (tertiary/aromatic N) is 1. The Morgan fingerprint density at radius 1 is 1.24 bits per heavy atom. The second-order valence-corrected chi connectivity index (χ2v) is 5.51. The second kappa shape index (κ2) is 8.32. The first-order chi connectivity index (χ1) is 10.3. The van der Waals surface area contributed by atoms with Crippen molar-refractivity contribution in [3.05, 3.63) is 52.2 Å². The smallest absolute Gasteiger partial charge is 0.191 e. The molecule has 0 fully saturated rings. The van der Waals surface area contributed by atoms with Crippen LogP contribution in [0.2, 0.25) is 0 Å². The number of benzene rings is 1. The Hall–Kier alpha value is -2.01. The molecule has 1 aromatic carbocycles. The first kappa shape index (κ1) is 15.4. The number of ether oxygens (including phenoxy) is 1. The molecule has 2 aromatic rings. The zero-order chi connectivity index (χ0) is 14.9. The summed E-state index contributed by atoms with van der Waals surface area (Å²) < 4.78 is 5.23. The highest BCUT2D eigenvalue weighted by atomic mass is 32.1. The van der Waals surface area contributed by atoms with Crippen molar-refractivity contribution in [2.75, 3.05) is 13.7 Å². The van der Waals surface area contributed by atoms with E-state index < -0.39 is 0 Å². The molecule has 0 unspecified atom stereocenters.